The van der Waals surface area contributed by atoms with Gasteiger partial charge in [0.2, 0.25) is 5.91 Å². The SMILES string of the molecule is C[C@]12CCC3c4ccc(Cl)cc4CCC3C1[C@H](CCCC(=O)Nc1ccc(F)cn1)CC2=O. The molecule has 2 aromatic rings. The molecule has 4 nitrogen and oxygen atoms in total. The topological polar surface area (TPSA) is 59.1 Å². The van der Waals surface area contributed by atoms with Gasteiger partial charge in [-0.05, 0) is 97.6 Å². The number of fused-ring (bicyclic) bond motifs is 5. The molecule has 2 saturated carbocycles. The fraction of sp³-hybridized carbons (Fsp3) is 0.519. The maximum absolute atomic E-state index is 13.1. The number of anilines is 1. The zero-order valence-corrected chi connectivity index (χ0v) is 19.7. The molecule has 1 aromatic carbocycles. The molecule has 3 aliphatic rings. The lowest BCUT2D eigenvalue weighted by molar-refractivity contribution is -0.129. The second-order valence-electron chi connectivity index (χ2n) is 10.3. The van der Waals surface area contributed by atoms with Gasteiger partial charge in [-0.2, -0.15) is 0 Å². The molecule has 1 N–H and O–H groups in total. The molecule has 0 spiro atoms. The van der Waals surface area contributed by atoms with Gasteiger partial charge in [0.1, 0.15) is 17.4 Å². The fourth-order valence-electron chi connectivity index (χ4n) is 7.06. The van der Waals surface area contributed by atoms with Gasteiger partial charge in [0.25, 0.3) is 0 Å². The van der Waals surface area contributed by atoms with Crippen molar-refractivity contribution >= 4 is 29.1 Å². The molecule has 0 saturated heterocycles. The van der Waals surface area contributed by atoms with Crippen molar-refractivity contribution < 1.29 is 14.0 Å². The molecule has 6 heteroatoms. The van der Waals surface area contributed by atoms with Crippen LogP contribution in [0.15, 0.2) is 36.5 Å². The third-order valence-electron chi connectivity index (χ3n) is 8.51. The van der Waals surface area contributed by atoms with Crippen molar-refractivity contribution in [3.05, 3.63) is 58.5 Å². The van der Waals surface area contributed by atoms with Crippen LogP contribution in [0.2, 0.25) is 5.02 Å². The highest BCUT2D eigenvalue weighted by Crippen LogP contribution is 2.62. The molecule has 0 aliphatic heterocycles. The number of Topliss-reactive ketones (excluding diaryl/α,β-unsaturated/α-hetero) is 1. The summed E-state index contributed by atoms with van der Waals surface area (Å²) >= 11 is 6.25. The Morgan fingerprint density at radius 1 is 1.27 bits per heavy atom. The van der Waals surface area contributed by atoms with E-state index in [0.717, 1.165) is 49.7 Å². The molecule has 2 fully saturated rings. The Morgan fingerprint density at radius 3 is 2.91 bits per heavy atom. The first kappa shape index (κ1) is 22.5. The molecule has 3 aliphatic carbocycles. The number of pyridine rings is 1. The van der Waals surface area contributed by atoms with Crippen LogP contribution in [-0.2, 0) is 16.0 Å². The van der Waals surface area contributed by atoms with E-state index in [9.17, 15) is 14.0 Å². The molecule has 3 unspecified atom stereocenters. The molecular weight excluding hydrogens is 439 g/mol. The lowest BCUT2D eigenvalue weighted by atomic mass is 9.54. The minimum Gasteiger partial charge on any atom is -0.311 e. The number of carbonyl (C=O) groups is 2. The summed E-state index contributed by atoms with van der Waals surface area (Å²) in [5.41, 5.74) is 2.58. The van der Waals surface area contributed by atoms with Crippen LogP contribution < -0.4 is 5.32 Å². The number of hydrogen-bond donors (Lipinski definition) is 1. The molecular formula is C27H30ClFN2O2. The highest BCUT2D eigenvalue weighted by atomic mass is 35.5. The number of carbonyl (C=O) groups excluding carboxylic acids is 2. The first-order valence-electron chi connectivity index (χ1n) is 12.1. The Morgan fingerprint density at radius 2 is 2.12 bits per heavy atom. The Bertz CT molecular complexity index is 1070. The minimum atomic E-state index is -0.429. The van der Waals surface area contributed by atoms with Crippen LogP contribution in [-0.4, -0.2) is 16.7 Å². The summed E-state index contributed by atoms with van der Waals surface area (Å²) in [5, 5.41) is 3.54. The second-order valence-corrected chi connectivity index (χ2v) is 10.8. The average Bonchev–Trinajstić information content (AvgIpc) is 3.05. The lowest BCUT2D eigenvalue weighted by Crippen LogP contribution is -2.44. The van der Waals surface area contributed by atoms with E-state index in [1.165, 1.54) is 23.3 Å². The molecule has 0 bridgehead atoms. The quantitative estimate of drug-likeness (QED) is 0.557. The van der Waals surface area contributed by atoms with Crippen LogP contribution in [0.1, 0.15) is 68.9 Å². The predicted molar refractivity (Wildman–Crippen MR) is 127 cm³/mol. The predicted octanol–water partition coefficient (Wildman–Crippen LogP) is 6.33. The van der Waals surface area contributed by atoms with Gasteiger partial charge in [-0.1, -0.05) is 24.6 Å². The Hall–Kier alpha value is -2.27. The Balaban J connectivity index is 1.26. The number of amides is 1. The van der Waals surface area contributed by atoms with Crippen LogP contribution in [0.5, 0.6) is 0 Å². The fourth-order valence-corrected chi connectivity index (χ4v) is 7.25. The van der Waals surface area contributed by atoms with Crippen molar-refractivity contribution in [2.45, 2.75) is 64.2 Å². The first-order chi connectivity index (χ1) is 15.8. The van der Waals surface area contributed by atoms with Crippen molar-refractivity contribution in [2.24, 2.45) is 23.2 Å². The van der Waals surface area contributed by atoms with E-state index in [0.29, 0.717) is 48.1 Å². The summed E-state index contributed by atoms with van der Waals surface area (Å²) < 4.78 is 13.0. The number of rotatable bonds is 5. The number of nitrogens with zero attached hydrogens (tertiary/aromatic N) is 1. The van der Waals surface area contributed by atoms with E-state index in [-0.39, 0.29) is 11.3 Å². The minimum absolute atomic E-state index is 0.119. The highest BCUT2D eigenvalue weighted by Gasteiger charge is 2.58. The summed E-state index contributed by atoms with van der Waals surface area (Å²) in [6.07, 6.45) is 7.88. The number of aryl methyl sites for hydroxylation is 1. The summed E-state index contributed by atoms with van der Waals surface area (Å²) in [5.74, 6) is 1.97. The van der Waals surface area contributed by atoms with Crippen LogP contribution >= 0.6 is 11.6 Å². The van der Waals surface area contributed by atoms with Crippen LogP contribution in [0, 0.1) is 29.0 Å². The molecule has 1 amide bonds. The number of hydrogen-bond acceptors (Lipinski definition) is 3. The van der Waals surface area contributed by atoms with Crippen molar-refractivity contribution in [3.8, 4) is 0 Å². The molecule has 5 atom stereocenters. The molecule has 1 aromatic heterocycles. The summed E-state index contributed by atoms with van der Waals surface area (Å²) in [4.78, 5) is 29.4. The van der Waals surface area contributed by atoms with Gasteiger partial charge in [0.15, 0.2) is 0 Å². The zero-order chi connectivity index (χ0) is 23.2. The summed E-state index contributed by atoms with van der Waals surface area (Å²) in [6, 6.07) is 9.07. The Labute approximate surface area is 199 Å². The second kappa shape index (κ2) is 8.83. The van der Waals surface area contributed by atoms with Crippen LogP contribution in [0.4, 0.5) is 10.2 Å². The third-order valence-corrected chi connectivity index (χ3v) is 8.74. The van der Waals surface area contributed by atoms with E-state index in [4.69, 9.17) is 11.6 Å². The van der Waals surface area contributed by atoms with Gasteiger partial charge >= 0.3 is 0 Å². The molecule has 174 valence electrons. The number of benzene rings is 1. The van der Waals surface area contributed by atoms with Crippen LogP contribution in [0.3, 0.4) is 0 Å². The van der Waals surface area contributed by atoms with Crippen molar-refractivity contribution in [1.29, 1.82) is 0 Å². The molecule has 1 heterocycles. The van der Waals surface area contributed by atoms with Gasteiger partial charge < -0.3 is 5.32 Å². The Kier molecular flexibility index (Phi) is 6.02. The van der Waals surface area contributed by atoms with Gasteiger partial charge in [-0.3, -0.25) is 9.59 Å². The molecule has 33 heavy (non-hydrogen) atoms. The van der Waals surface area contributed by atoms with Crippen molar-refractivity contribution in [3.63, 3.8) is 0 Å². The van der Waals surface area contributed by atoms with E-state index < -0.39 is 5.82 Å². The van der Waals surface area contributed by atoms with Gasteiger partial charge in [0.05, 0.1) is 6.20 Å². The average molecular weight is 469 g/mol. The van der Waals surface area contributed by atoms with E-state index in [1.54, 1.807) is 0 Å². The highest BCUT2D eigenvalue weighted by molar-refractivity contribution is 6.30. The summed E-state index contributed by atoms with van der Waals surface area (Å²) in [7, 11) is 0. The number of aromatic nitrogens is 1. The van der Waals surface area contributed by atoms with Crippen molar-refractivity contribution in [1.82, 2.24) is 4.98 Å². The standard InChI is InChI=1S/C27H30ClFN2O2/c1-27-12-11-21-20-9-6-18(28)13-16(20)5-8-22(21)26(27)17(14-23(27)32)3-2-4-25(33)31-24-10-7-19(29)15-30-24/h6-7,9-10,13,15,17,21-22,26H,2-5,8,11-12,14H2,1H3,(H,30,31,33)/t17-,21?,22?,26?,27-/m1/s1. The van der Waals surface area contributed by atoms with E-state index in [2.05, 4.69) is 29.4 Å². The monoisotopic (exact) mass is 468 g/mol. The van der Waals surface area contributed by atoms with Gasteiger partial charge in [0, 0.05) is 23.3 Å². The molecule has 0 radical (unpaired) electrons. The van der Waals surface area contributed by atoms with E-state index >= 15 is 0 Å². The van der Waals surface area contributed by atoms with Gasteiger partial charge in [-0.25, -0.2) is 9.37 Å². The maximum atomic E-state index is 13.1. The van der Waals surface area contributed by atoms with E-state index in [1.807, 2.05) is 6.07 Å². The third kappa shape index (κ3) is 4.21. The van der Waals surface area contributed by atoms with Crippen molar-refractivity contribution in [2.75, 3.05) is 5.32 Å². The smallest absolute Gasteiger partial charge is 0.225 e. The summed E-state index contributed by atoms with van der Waals surface area (Å²) in [6.45, 7) is 2.19. The largest absolute Gasteiger partial charge is 0.311 e. The zero-order valence-electron chi connectivity index (χ0n) is 18.9. The normalized spacial score (nSPS) is 30.3. The maximum Gasteiger partial charge on any atom is 0.225 e. The lowest BCUT2D eigenvalue weighted by Gasteiger charge is -2.50. The first-order valence-corrected chi connectivity index (χ1v) is 12.5. The number of nitrogens with one attached hydrogen (secondary N) is 1. The molecule has 5 rings (SSSR count). The number of halogens is 2. The number of ketones is 1. The van der Waals surface area contributed by atoms with Crippen LogP contribution in [0.25, 0.3) is 0 Å². The van der Waals surface area contributed by atoms with Gasteiger partial charge in [-0.15, -0.1) is 0 Å².